The van der Waals surface area contributed by atoms with Crippen molar-refractivity contribution in [3.63, 3.8) is 0 Å². The summed E-state index contributed by atoms with van der Waals surface area (Å²) in [5.74, 6) is 3.25. The third kappa shape index (κ3) is 2.76. The zero-order valence-corrected chi connectivity index (χ0v) is 10.8. The first-order valence-electron chi connectivity index (χ1n) is 6.53. The van der Waals surface area contributed by atoms with Gasteiger partial charge in [-0.15, -0.1) is 0 Å². The summed E-state index contributed by atoms with van der Waals surface area (Å²) >= 11 is 0. The van der Waals surface area contributed by atoms with Crippen LogP contribution in [0.25, 0.3) is 12.2 Å². The van der Waals surface area contributed by atoms with Gasteiger partial charge in [-0.05, 0) is 24.6 Å². The van der Waals surface area contributed by atoms with Crippen molar-refractivity contribution in [2.75, 3.05) is 13.2 Å². The second-order valence-corrected chi connectivity index (χ2v) is 4.54. The Hall–Kier alpha value is -1.88. The molecule has 0 amide bonds. The van der Waals surface area contributed by atoms with Gasteiger partial charge in [-0.3, -0.25) is 0 Å². The normalized spacial score (nSPS) is 19.5. The predicted molar refractivity (Wildman–Crippen MR) is 69.5 cm³/mol. The number of aromatic nitrogens is 2. The summed E-state index contributed by atoms with van der Waals surface area (Å²) in [6.07, 6.45) is 5.45. The Labute approximate surface area is 111 Å². The minimum Gasteiger partial charge on any atom is -0.462 e. The molecule has 2 aromatic heterocycles. The van der Waals surface area contributed by atoms with Gasteiger partial charge in [0.05, 0.1) is 6.61 Å². The van der Waals surface area contributed by atoms with Crippen LogP contribution in [0.5, 0.6) is 0 Å². The summed E-state index contributed by atoms with van der Waals surface area (Å²) in [7, 11) is 0. The second kappa shape index (κ2) is 5.40. The fourth-order valence-corrected chi connectivity index (χ4v) is 2.05. The molecule has 1 aliphatic rings. The van der Waals surface area contributed by atoms with Crippen molar-refractivity contribution < 1.29 is 13.7 Å². The zero-order chi connectivity index (χ0) is 13.1. The lowest BCUT2D eigenvalue weighted by molar-refractivity contribution is 0.192. The van der Waals surface area contributed by atoms with Crippen molar-refractivity contribution in [3.8, 4) is 0 Å². The molecule has 0 radical (unpaired) electrons. The van der Waals surface area contributed by atoms with Crippen LogP contribution >= 0.6 is 0 Å². The molecule has 100 valence electrons. The maximum atomic E-state index is 5.56. The highest BCUT2D eigenvalue weighted by molar-refractivity contribution is 5.63. The van der Waals surface area contributed by atoms with E-state index in [9.17, 15) is 0 Å². The van der Waals surface area contributed by atoms with E-state index in [0.717, 1.165) is 36.8 Å². The largest absolute Gasteiger partial charge is 0.462 e. The van der Waals surface area contributed by atoms with Gasteiger partial charge in [0.25, 0.3) is 5.89 Å². The fraction of sp³-hybridized carbons (Fsp3) is 0.429. The first-order chi connectivity index (χ1) is 9.35. The third-order valence-electron chi connectivity index (χ3n) is 3.17. The molecule has 2 aromatic rings. The number of ether oxygens (including phenoxy) is 1. The van der Waals surface area contributed by atoms with Crippen molar-refractivity contribution in [3.05, 3.63) is 35.4 Å². The molecule has 5 heteroatoms. The zero-order valence-electron chi connectivity index (χ0n) is 10.8. The van der Waals surface area contributed by atoms with Gasteiger partial charge in [-0.25, -0.2) is 0 Å². The van der Waals surface area contributed by atoms with E-state index in [2.05, 4.69) is 17.1 Å². The second-order valence-electron chi connectivity index (χ2n) is 4.54. The van der Waals surface area contributed by atoms with E-state index in [0.29, 0.717) is 12.5 Å². The third-order valence-corrected chi connectivity index (χ3v) is 3.17. The molecule has 1 saturated heterocycles. The van der Waals surface area contributed by atoms with Crippen molar-refractivity contribution in [2.24, 2.45) is 0 Å². The van der Waals surface area contributed by atoms with E-state index in [-0.39, 0.29) is 5.92 Å². The van der Waals surface area contributed by atoms with Gasteiger partial charge in [0.15, 0.2) is 5.82 Å². The highest BCUT2D eigenvalue weighted by atomic mass is 16.5. The van der Waals surface area contributed by atoms with Gasteiger partial charge in [-0.1, -0.05) is 12.1 Å². The van der Waals surface area contributed by atoms with Crippen LogP contribution in [0.3, 0.4) is 0 Å². The number of furan rings is 1. The van der Waals surface area contributed by atoms with Crippen molar-refractivity contribution >= 4 is 12.2 Å². The molecule has 1 aliphatic heterocycles. The van der Waals surface area contributed by atoms with E-state index in [4.69, 9.17) is 13.7 Å². The SMILES string of the molecule is CCc1ccc(/C=C/c2nc(C3CCOC3)no2)o1. The van der Waals surface area contributed by atoms with E-state index in [1.807, 2.05) is 18.2 Å². The molecular formula is C14H16N2O3. The van der Waals surface area contributed by atoms with E-state index in [1.165, 1.54) is 0 Å². The monoisotopic (exact) mass is 260 g/mol. The van der Waals surface area contributed by atoms with Crippen LogP contribution in [0.2, 0.25) is 0 Å². The van der Waals surface area contributed by atoms with Crippen molar-refractivity contribution in [1.29, 1.82) is 0 Å². The number of nitrogens with zero attached hydrogens (tertiary/aromatic N) is 2. The Bertz CT molecular complexity index is 565. The molecule has 0 spiro atoms. The van der Waals surface area contributed by atoms with E-state index < -0.39 is 0 Å². The summed E-state index contributed by atoms with van der Waals surface area (Å²) in [5, 5.41) is 3.98. The van der Waals surface area contributed by atoms with Crippen LogP contribution in [0.4, 0.5) is 0 Å². The average molecular weight is 260 g/mol. The lowest BCUT2D eigenvalue weighted by Crippen LogP contribution is -1.99. The molecule has 0 saturated carbocycles. The quantitative estimate of drug-likeness (QED) is 0.845. The Balaban J connectivity index is 1.69. The van der Waals surface area contributed by atoms with Gasteiger partial charge in [0.1, 0.15) is 11.5 Å². The van der Waals surface area contributed by atoms with Crippen LogP contribution in [0.15, 0.2) is 21.1 Å². The molecule has 0 bridgehead atoms. The number of rotatable bonds is 4. The number of hydrogen-bond acceptors (Lipinski definition) is 5. The smallest absolute Gasteiger partial charge is 0.250 e. The van der Waals surface area contributed by atoms with Crippen LogP contribution in [-0.4, -0.2) is 23.4 Å². The molecular weight excluding hydrogens is 244 g/mol. The van der Waals surface area contributed by atoms with Gasteiger partial charge >= 0.3 is 0 Å². The van der Waals surface area contributed by atoms with Crippen LogP contribution < -0.4 is 0 Å². The molecule has 3 heterocycles. The number of hydrogen-bond donors (Lipinski definition) is 0. The van der Waals surface area contributed by atoms with Crippen LogP contribution in [0.1, 0.15) is 42.5 Å². The topological polar surface area (TPSA) is 61.3 Å². The van der Waals surface area contributed by atoms with Crippen molar-refractivity contribution in [1.82, 2.24) is 10.1 Å². The van der Waals surface area contributed by atoms with Crippen LogP contribution in [-0.2, 0) is 11.2 Å². The first kappa shape index (κ1) is 12.2. The maximum absolute atomic E-state index is 5.56. The fourth-order valence-electron chi connectivity index (χ4n) is 2.05. The Morgan fingerprint density at radius 3 is 3.05 bits per heavy atom. The van der Waals surface area contributed by atoms with Gasteiger partial charge in [0, 0.05) is 25.0 Å². The molecule has 3 rings (SSSR count). The molecule has 5 nitrogen and oxygen atoms in total. The molecule has 1 atom stereocenters. The van der Waals surface area contributed by atoms with Crippen LogP contribution in [0, 0.1) is 0 Å². The minimum atomic E-state index is 0.265. The molecule has 0 N–H and O–H groups in total. The average Bonchev–Trinajstić information content (AvgIpc) is 3.16. The summed E-state index contributed by atoms with van der Waals surface area (Å²) in [5.41, 5.74) is 0. The van der Waals surface area contributed by atoms with Gasteiger partial charge in [0.2, 0.25) is 0 Å². The Morgan fingerprint density at radius 1 is 1.37 bits per heavy atom. The summed E-state index contributed by atoms with van der Waals surface area (Å²) in [6, 6.07) is 3.90. The van der Waals surface area contributed by atoms with E-state index in [1.54, 1.807) is 6.08 Å². The summed E-state index contributed by atoms with van der Waals surface area (Å²) < 4.78 is 16.1. The van der Waals surface area contributed by atoms with E-state index >= 15 is 0 Å². The molecule has 1 unspecified atom stereocenters. The lowest BCUT2D eigenvalue weighted by Gasteiger charge is -1.97. The van der Waals surface area contributed by atoms with Gasteiger partial charge in [-0.2, -0.15) is 4.98 Å². The summed E-state index contributed by atoms with van der Waals surface area (Å²) in [6.45, 7) is 3.51. The van der Waals surface area contributed by atoms with Gasteiger partial charge < -0.3 is 13.7 Å². The molecule has 0 aromatic carbocycles. The maximum Gasteiger partial charge on any atom is 0.250 e. The summed E-state index contributed by atoms with van der Waals surface area (Å²) in [4.78, 5) is 4.35. The standard InChI is InChI=1S/C14H16N2O3/c1-2-11-3-4-12(18-11)5-6-13-15-14(16-19-13)10-7-8-17-9-10/h3-6,10H,2,7-9H2,1H3/b6-5+. The highest BCUT2D eigenvalue weighted by Crippen LogP contribution is 2.22. The molecule has 0 aliphatic carbocycles. The number of aryl methyl sites for hydroxylation is 1. The predicted octanol–water partition coefficient (Wildman–Crippen LogP) is 2.90. The molecule has 19 heavy (non-hydrogen) atoms. The first-order valence-corrected chi connectivity index (χ1v) is 6.53. The Morgan fingerprint density at radius 2 is 2.32 bits per heavy atom. The lowest BCUT2D eigenvalue weighted by atomic mass is 10.1. The van der Waals surface area contributed by atoms with Crippen molar-refractivity contribution in [2.45, 2.75) is 25.7 Å². The highest BCUT2D eigenvalue weighted by Gasteiger charge is 2.22. The molecule has 1 fully saturated rings. The Kier molecular flexibility index (Phi) is 3.46. The minimum absolute atomic E-state index is 0.265.